The molecule has 0 unspecified atom stereocenters. The third kappa shape index (κ3) is 5.23. The SMILES string of the molecule is Cc1nnc(SCC(=O)NCCSc2ccc(Cl)cc2)n1C. The summed E-state index contributed by atoms with van der Waals surface area (Å²) >= 11 is 8.91. The number of benzene rings is 1. The second kappa shape index (κ2) is 8.45. The number of carbonyl (C=O) groups excluding carboxylic acids is 1. The maximum Gasteiger partial charge on any atom is 0.230 e. The van der Waals surface area contributed by atoms with E-state index in [1.165, 1.54) is 11.8 Å². The fourth-order valence-corrected chi connectivity index (χ4v) is 3.27. The molecule has 0 aliphatic carbocycles. The molecule has 0 aliphatic rings. The Morgan fingerprint density at radius 3 is 2.64 bits per heavy atom. The monoisotopic (exact) mass is 356 g/mol. The summed E-state index contributed by atoms with van der Waals surface area (Å²) in [6, 6.07) is 7.67. The Hall–Kier alpha value is -1.18. The topological polar surface area (TPSA) is 59.8 Å². The predicted molar refractivity (Wildman–Crippen MR) is 91.6 cm³/mol. The summed E-state index contributed by atoms with van der Waals surface area (Å²) in [6.45, 7) is 2.51. The van der Waals surface area contributed by atoms with Crippen LogP contribution in [0.3, 0.4) is 0 Å². The van der Waals surface area contributed by atoms with Gasteiger partial charge in [-0.1, -0.05) is 23.4 Å². The van der Waals surface area contributed by atoms with Crippen LogP contribution in [0.1, 0.15) is 5.82 Å². The number of hydrogen-bond acceptors (Lipinski definition) is 5. The van der Waals surface area contributed by atoms with E-state index < -0.39 is 0 Å². The van der Waals surface area contributed by atoms with Crippen molar-refractivity contribution in [3.8, 4) is 0 Å². The molecule has 118 valence electrons. The first-order chi connectivity index (χ1) is 10.6. The van der Waals surface area contributed by atoms with Crippen molar-refractivity contribution in [2.75, 3.05) is 18.1 Å². The summed E-state index contributed by atoms with van der Waals surface area (Å²) in [5.74, 6) is 2.00. The van der Waals surface area contributed by atoms with Crippen molar-refractivity contribution >= 4 is 41.0 Å². The van der Waals surface area contributed by atoms with Gasteiger partial charge in [0.05, 0.1) is 5.75 Å². The summed E-state index contributed by atoms with van der Waals surface area (Å²) in [5.41, 5.74) is 0. The lowest BCUT2D eigenvalue weighted by Crippen LogP contribution is -2.27. The van der Waals surface area contributed by atoms with Crippen LogP contribution >= 0.6 is 35.1 Å². The molecule has 1 heterocycles. The summed E-state index contributed by atoms with van der Waals surface area (Å²) in [6.07, 6.45) is 0. The fraction of sp³-hybridized carbons (Fsp3) is 0.357. The van der Waals surface area contributed by atoms with Gasteiger partial charge < -0.3 is 9.88 Å². The molecular weight excluding hydrogens is 340 g/mol. The first-order valence-corrected chi connectivity index (χ1v) is 9.05. The molecule has 0 saturated carbocycles. The quantitative estimate of drug-likeness (QED) is 0.610. The number of aromatic nitrogens is 3. The molecule has 0 radical (unpaired) electrons. The zero-order valence-corrected chi connectivity index (χ0v) is 14.8. The fourth-order valence-electron chi connectivity index (χ4n) is 1.58. The van der Waals surface area contributed by atoms with Gasteiger partial charge in [-0.15, -0.1) is 22.0 Å². The van der Waals surface area contributed by atoms with E-state index in [4.69, 9.17) is 11.6 Å². The molecule has 22 heavy (non-hydrogen) atoms. The number of rotatable bonds is 7. The van der Waals surface area contributed by atoms with Crippen molar-refractivity contribution < 1.29 is 4.79 Å². The van der Waals surface area contributed by atoms with Gasteiger partial charge in [0.1, 0.15) is 5.82 Å². The van der Waals surface area contributed by atoms with E-state index in [2.05, 4.69) is 15.5 Å². The van der Waals surface area contributed by atoms with Crippen molar-refractivity contribution in [1.82, 2.24) is 20.1 Å². The van der Waals surface area contributed by atoms with Crippen LogP contribution in [-0.4, -0.2) is 38.7 Å². The number of amides is 1. The summed E-state index contributed by atoms with van der Waals surface area (Å²) in [7, 11) is 1.89. The normalized spacial score (nSPS) is 10.7. The molecule has 1 amide bonds. The highest BCUT2D eigenvalue weighted by molar-refractivity contribution is 7.99. The number of thioether (sulfide) groups is 2. The van der Waals surface area contributed by atoms with Gasteiger partial charge in [0, 0.05) is 29.3 Å². The molecule has 1 aromatic heterocycles. The maximum atomic E-state index is 11.8. The molecule has 2 rings (SSSR count). The number of hydrogen-bond donors (Lipinski definition) is 1. The summed E-state index contributed by atoms with van der Waals surface area (Å²) < 4.78 is 1.87. The summed E-state index contributed by atoms with van der Waals surface area (Å²) in [5, 5.41) is 12.3. The van der Waals surface area contributed by atoms with Crippen LogP contribution in [0, 0.1) is 6.92 Å². The number of halogens is 1. The lowest BCUT2D eigenvalue weighted by Gasteiger charge is -2.05. The largest absolute Gasteiger partial charge is 0.355 e. The molecule has 0 spiro atoms. The minimum absolute atomic E-state index is 0.00218. The smallest absolute Gasteiger partial charge is 0.230 e. The van der Waals surface area contributed by atoms with Crippen LogP contribution in [0.25, 0.3) is 0 Å². The van der Waals surface area contributed by atoms with Crippen LogP contribution in [0.2, 0.25) is 5.02 Å². The van der Waals surface area contributed by atoms with Crippen molar-refractivity contribution in [1.29, 1.82) is 0 Å². The minimum Gasteiger partial charge on any atom is -0.355 e. The van der Waals surface area contributed by atoms with Crippen molar-refractivity contribution in [2.24, 2.45) is 7.05 Å². The van der Waals surface area contributed by atoms with Gasteiger partial charge >= 0.3 is 0 Å². The van der Waals surface area contributed by atoms with Gasteiger partial charge in [0.15, 0.2) is 5.16 Å². The van der Waals surface area contributed by atoms with E-state index in [-0.39, 0.29) is 5.91 Å². The van der Waals surface area contributed by atoms with E-state index in [1.54, 1.807) is 11.8 Å². The van der Waals surface area contributed by atoms with Crippen LogP contribution in [-0.2, 0) is 11.8 Å². The van der Waals surface area contributed by atoms with Crippen molar-refractivity contribution in [3.05, 3.63) is 35.1 Å². The van der Waals surface area contributed by atoms with Gasteiger partial charge in [-0.05, 0) is 31.2 Å². The molecule has 0 atom stereocenters. The standard InChI is InChI=1S/C14H17ClN4OS2/c1-10-17-18-14(19(10)2)22-9-13(20)16-7-8-21-12-5-3-11(15)4-6-12/h3-6H,7-9H2,1-2H3,(H,16,20). The average Bonchev–Trinajstić information content (AvgIpc) is 2.83. The van der Waals surface area contributed by atoms with E-state index >= 15 is 0 Å². The first kappa shape index (κ1) is 17.2. The molecule has 0 saturated heterocycles. The molecule has 1 N–H and O–H groups in total. The van der Waals surface area contributed by atoms with Crippen molar-refractivity contribution in [2.45, 2.75) is 17.0 Å². The Balaban J connectivity index is 1.63. The van der Waals surface area contributed by atoms with Crippen LogP contribution in [0.15, 0.2) is 34.3 Å². The molecule has 1 aromatic carbocycles. The third-order valence-electron chi connectivity index (χ3n) is 2.89. The van der Waals surface area contributed by atoms with Crippen LogP contribution in [0.5, 0.6) is 0 Å². The third-order valence-corrected chi connectivity index (χ3v) is 5.18. The maximum absolute atomic E-state index is 11.8. The highest BCUT2D eigenvalue weighted by Gasteiger charge is 2.08. The van der Waals surface area contributed by atoms with E-state index in [0.717, 1.165) is 26.7 Å². The highest BCUT2D eigenvalue weighted by Crippen LogP contribution is 2.19. The predicted octanol–water partition coefficient (Wildman–Crippen LogP) is 2.78. The lowest BCUT2D eigenvalue weighted by molar-refractivity contribution is -0.118. The van der Waals surface area contributed by atoms with Gasteiger partial charge in [0.2, 0.25) is 5.91 Å². The summed E-state index contributed by atoms with van der Waals surface area (Å²) in [4.78, 5) is 12.9. The van der Waals surface area contributed by atoms with Crippen molar-refractivity contribution in [3.63, 3.8) is 0 Å². The number of nitrogens with one attached hydrogen (secondary N) is 1. The van der Waals surface area contributed by atoms with E-state index in [0.29, 0.717) is 12.3 Å². The molecule has 0 fully saturated rings. The van der Waals surface area contributed by atoms with E-state index in [1.807, 2.05) is 42.8 Å². The second-order valence-electron chi connectivity index (χ2n) is 4.53. The van der Waals surface area contributed by atoms with Gasteiger partial charge in [0.25, 0.3) is 0 Å². The number of aryl methyl sites for hydroxylation is 1. The van der Waals surface area contributed by atoms with Gasteiger partial charge in [-0.2, -0.15) is 0 Å². The average molecular weight is 357 g/mol. The molecule has 0 aliphatic heterocycles. The van der Waals surface area contributed by atoms with Gasteiger partial charge in [-0.25, -0.2) is 0 Å². The number of nitrogens with zero attached hydrogens (tertiary/aromatic N) is 3. The van der Waals surface area contributed by atoms with E-state index in [9.17, 15) is 4.79 Å². The molecule has 0 bridgehead atoms. The Morgan fingerprint density at radius 1 is 1.27 bits per heavy atom. The zero-order valence-electron chi connectivity index (χ0n) is 12.4. The zero-order chi connectivity index (χ0) is 15.9. The Bertz CT molecular complexity index is 630. The van der Waals surface area contributed by atoms with Crippen LogP contribution < -0.4 is 5.32 Å². The highest BCUT2D eigenvalue weighted by atomic mass is 35.5. The second-order valence-corrected chi connectivity index (χ2v) is 7.08. The Kier molecular flexibility index (Phi) is 6.60. The van der Waals surface area contributed by atoms with Crippen LogP contribution in [0.4, 0.5) is 0 Å². The minimum atomic E-state index is 0.00218. The molecule has 2 aromatic rings. The Labute approximate surface area is 143 Å². The molecule has 5 nitrogen and oxygen atoms in total. The lowest BCUT2D eigenvalue weighted by atomic mass is 10.4. The number of carbonyl (C=O) groups is 1. The van der Waals surface area contributed by atoms with Gasteiger partial charge in [-0.3, -0.25) is 4.79 Å². The Morgan fingerprint density at radius 2 is 2.00 bits per heavy atom. The molecular formula is C14H17ClN4OS2. The first-order valence-electron chi connectivity index (χ1n) is 6.70. The molecule has 8 heteroatoms.